The van der Waals surface area contributed by atoms with E-state index in [-0.39, 0.29) is 12.5 Å². The first kappa shape index (κ1) is 13.4. The van der Waals surface area contributed by atoms with E-state index in [0.29, 0.717) is 5.92 Å². The van der Waals surface area contributed by atoms with Crippen LogP contribution in [-0.4, -0.2) is 31.9 Å². The van der Waals surface area contributed by atoms with Crippen LogP contribution in [0.1, 0.15) is 29.9 Å². The topological polar surface area (TPSA) is 41.5 Å². The Kier molecular flexibility index (Phi) is 4.61. The molecule has 0 spiro atoms. The maximum atomic E-state index is 9.76. The van der Waals surface area contributed by atoms with Crippen molar-refractivity contribution in [1.82, 2.24) is 5.32 Å². The highest BCUT2D eigenvalue weighted by Gasteiger charge is 2.26. The molecule has 1 aliphatic rings. The zero-order valence-corrected chi connectivity index (χ0v) is 11.3. The molecule has 0 aromatic heterocycles. The zero-order valence-electron chi connectivity index (χ0n) is 11.3. The van der Waals surface area contributed by atoms with Gasteiger partial charge in [0.25, 0.3) is 0 Å². The Morgan fingerprint density at radius 3 is 2.94 bits per heavy atom. The summed E-state index contributed by atoms with van der Waals surface area (Å²) in [5.74, 6) is 1.57. The number of aliphatic hydroxyl groups excluding tert-OH is 1. The molecule has 0 amide bonds. The molecule has 0 saturated carbocycles. The SMILES string of the molecule is COc1ccc(C)cc1C(CO)C1CCCNC1. The van der Waals surface area contributed by atoms with Gasteiger partial charge in [0, 0.05) is 11.5 Å². The van der Waals surface area contributed by atoms with Gasteiger partial charge in [-0.25, -0.2) is 0 Å². The molecule has 0 aliphatic carbocycles. The van der Waals surface area contributed by atoms with Crippen molar-refractivity contribution in [2.24, 2.45) is 5.92 Å². The minimum atomic E-state index is 0.174. The molecule has 1 aromatic rings. The normalized spacial score (nSPS) is 21.6. The van der Waals surface area contributed by atoms with Gasteiger partial charge in [0.2, 0.25) is 0 Å². The number of benzene rings is 1. The van der Waals surface area contributed by atoms with Crippen molar-refractivity contribution in [1.29, 1.82) is 0 Å². The first-order valence-electron chi connectivity index (χ1n) is 6.72. The van der Waals surface area contributed by atoms with Crippen LogP contribution in [0.2, 0.25) is 0 Å². The number of aliphatic hydroxyl groups is 1. The van der Waals surface area contributed by atoms with Crippen molar-refractivity contribution in [3.63, 3.8) is 0 Å². The van der Waals surface area contributed by atoms with Crippen LogP contribution >= 0.6 is 0 Å². The van der Waals surface area contributed by atoms with Gasteiger partial charge in [0.05, 0.1) is 13.7 Å². The van der Waals surface area contributed by atoms with Gasteiger partial charge in [-0.05, 0) is 44.8 Å². The summed E-state index contributed by atoms with van der Waals surface area (Å²) in [6.45, 7) is 4.35. The summed E-state index contributed by atoms with van der Waals surface area (Å²) < 4.78 is 5.44. The van der Waals surface area contributed by atoms with Crippen LogP contribution in [0.3, 0.4) is 0 Å². The van der Waals surface area contributed by atoms with Crippen LogP contribution < -0.4 is 10.1 Å². The Labute approximate surface area is 109 Å². The van der Waals surface area contributed by atoms with Crippen LogP contribution in [0.15, 0.2) is 18.2 Å². The summed E-state index contributed by atoms with van der Waals surface area (Å²) in [5.41, 5.74) is 2.36. The molecule has 0 bridgehead atoms. The average molecular weight is 249 g/mol. The third-order valence-electron chi connectivity index (χ3n) is 3.89. The average Bonchev–Trinajstić information content (AvgIpc) is 2.41. The lowest BCUT2D eigenvalue weighted by Gasteiger charge is -2.31. The number of ether oxygens (including phenoxy) is 1. The number of hydrogen-bond acceptors (Lipinski definition) is 3. The quantitative estimate of drug-likeness (QED) is 0.858. The van der Waals surface area contributed by atoms with Gasteiger partial charge >= 0.3 is 0 Å². The second-order valence-electron chi connectivity index (χ2n) is 5.14. The van der Waals surface area contributed by atoms with Gasteiger partial charge in [-0.15, -0.1) is 0 Å². The first-order valence-corrected chi connectivity index (χ1v) is 6.72. The van der Waals surface area contributed by atoms with E-state index in [9.17, 15) is 5.11 Å². The van der Waals surface area contributed by atoms with E-state index in [1.807, 2.05) is 6.07 Å². The Morgan fingerprint density at radius 1 is 1.50 bits per heavy atom. The van der Waals surface area contributed by atoms with Crippen LogP contribution in [0.5, 0.6) is 5.75 Å². The molecule has 2 N–H and O–H groups in total. The Morgan fingerprint density at radius 2 is 2.33 bits per heavy atom. The minimum absolute atomic E-state index is 0.174. The summed E-state index contributed by atoms with van der Waals surface area (Å²) >= 11 is 0. The van der Waals surface area contributed by atoms with Crippen LogP contribution in [0.25, 0.3) is 0 Å². The molecule has 3 heteroatoms. The zero-order chi connectivity index (χ0) is 13.0. The summed E-state index contributed by atoms with van der Waals surface area (Å²) in [6.07, 6.45) is 2.37. The molecule has 3 nitrogen and oxygen atoms in total. The highest BCUT2D eigenvalue weighted by atomic mass is 16.5. The molecule has 1 aromatic carbocycles. The third kappa shape index (κ3) is 2.85. The fourth-order valence-electron chi connectivity index (χ4n) is 2.87. The number of piperidine rings is 1. The summed E-state index contributed by atoms with van der Waals surface area (Å²) in [6, 6.07) is 6.20. The smallest absolute Gasteiger partial charge is 0.122 e. The van der Waals surface area contributed by atoms with E-state index in [4.69, 9.17) is 4.74 Å². The third-order valence-corrected chi connectivity index (χ3v) is 3.89. The predicted molar refractivity (Wildman–Crippen MR) is 73.2 cm³/mol. The lowest BCUT2D eigenvalue weighted by molar-refractivity contribution is 0.201. The maximum absolute atomic E-state index is 9.76. The van der Waals surface area contributed by atoms with E-state index in [1.54, 1.807) is 7.11 Å². The van der Waals surface area contributed by atoms with E-state index < -0.39 is 0 Å². The molecule has 100 valence electrons. The minimum Gasteiger partial charge on any atom is -0.496 e. The summed E-state index contributed by atoms with van der Waals surface area (Å²) in [4.78, 5) is 0. The van der Waals surface area contributed by atoms with Gasteiger partial charge in [-0.3, -0.25) is 0 Å². The number of hydrogen-bond donors (Lipinski definition) is 2. The first-order chi connectivity index (χ1) is 8.76. The lowest BCUT2D eigenvalue weighted by Crippen LogP contribution is -2.34. The number of aryl methyl sites for hydroxylation is 1. The fourth-order valence-corrected chi connectivity index (χ4v) is 2.87. The van der Waals surface area contributed by atoms with Crippen molar-refractivity contribution >= 4 is 0 Å². The molecule has 0 radical (unpaired) electrons. The van der Waals surface area contributed by atoms with Gasteiger partial charge in [-0.1, -0.05) is 17.7 Å². The number of nitrogens with one attached hydrogen (secondary N) is 1. The van der Waals surface area contributed by atoms with Crippen molar-refractivity contribution in [2.45, 2.75) is 25.7 Å². The molecule has 1 aliphatic heterocycles. The van der Waals surface area contributed by atoms with Gasteiger partial charge < -0.3 is 15.2 Å². The van der Waals surface area contributed by atoms with E-state index in [2.05, 4.69) is 24.4 Å². The highest BCUT2D eigenvalue weighted by Crippen LogP contribution is 2.35. The van der Waals surface area contributed by atoms with Crippen molar-refractivity contribution < 1.29 is 9.84 Å². The molecule has 1 saturated heterocycles. The second kappa shape index (κ2) is 6.21. The van der Waals surface area contributed by atoms with Crippen LogP contribution in [-0.2, 0) is 0 Å². The molecule has 1 heterocycles. The van der Waals surface area contributed by atoms with Crippen LogP contribution in [0.4, 0.5) is 0 Å². The number of methoxy groups -OCH3 is 1. The lowest BCUT2D eigenvalue weighted by atomic mass is 9.81. The summed E-state index contributed by atoms with van der Waals surface area (Å²) in [7, 11) is 1.70. The maximum Gasteiger partial charge on any atom is 0.122 e. The van der Waals surface area contributed by atoms with Gasteiger partial charge in [0.1, 0.15) is 5.75 Å². The molecule has 2 rings (SSSR count). The van der Waals surface area contributed by atoms with Crippen molar-refractivity contribution in [3.05, 3.63) is 29.3 Å². The van der Waals surface area contributed by atoms with E-state index in [1.165, 1.54) is 18.4 Å². The highest BCUT2D eigenvalue weighted by molar-refractivity contribution is 5.40. The second-order valence-corrected chi connectivity index (χ2v) is 5.14. The fraction of sp³-hybridized carbons (Fsp3) is 0.600. The Hall–Kier alpha value is -1.06. The number of rotatable bonds is 4. The van der Waals surface area contributed by atoms with Crippen molar-refractivity contribution in [2.75, 3.05) is 26.8 Å². The largest absolute Gasteiger partial charge is 0.496 e. The van der Waals surface area contributed by atoms with Crippen LogP contribution in [0, 0.1) is 12.8 Å². The molecule has 18 heavy (non-hydrogen) atoms. The Balaban J connectivity index is 2.27. The Bertz CT molecular complexity index is 386. The predicted octanol–water partition coefficient (Wildman–Crippen LogP) is 2.08. The van der Waals surface area contributed by atoms with Crippen molar-refractivity contribution in [3.8, 4) is 5.75 Å². The molecular formula is C15H23NO2. The van der Waals surface area contributed by atoms with Gasteiger partial charge in [0.15, 0.2) is 0 Å². The molecule has 2 atom stereocenters. The molecule has 2 unspecified atom stereocenters. The monoisotopic (exact) mass is 249 g/mol. The summed E-state index contributed by atoms with van der Waals surface area (Å²) in [5, 5.41) is 13.2. The van der Waals surface area contributed by atoms with E-state index >= 15 is 0 Å². The molecule has 1 fully saturated rings. The van der Waals surface area contributed by atoms with E-state index in [0.717, 1.165) is 24.4 Å². The molecular weight excluding hydrogens is 226 g/mol. The van der Waals surface area contributed by atoms with Gasteiger partial charge in [-0.2, -0.15) is 0 Å². The standard InChI is InChI=1S/C15H23NO2/c1-11-5-6-15(18-2)13(8-11)14(10-17)12-4-3-7-16-9-12/h5-6,8,12,14,16-17H,3-4,7,9-10H2,1-2H3.